The van der Waals surface area contributed by atoms with Crippen LogP contribution in [0.3, 0.4) is 0 Å². The van der Waals surface area contributed by atoms with E-state index in [-0.39, 0.29) is 24.5 Å². The van der Waals surface area contributed by atoms with Crippen LogP contribution in [0.25, 0.3) is 0 Å². The Morgan fingerprint density at radius 3 is 2.31 bits per heavy atom. The normalized spacial score (nSPS) is 17.1. The molecule has 13 nitrogen and oxygen atoms in total. The molecule has 1 heterocycles. The Balaban J connectivity index is 2.04. The molecule has 39 heavy (non-hydrogen) atoms. The molecule has 2 rings (SSSR count). The molecule has 0 saturated carbocycles. The topological polar surface area (TPSA) is 217 Å². The van der Waals surface area contributed by atoms with Crippen LogP contribution in [0.5, 0.6) is 5.75 Å². The van der Waals surface area contributed by atoms with Gasteiger partial charge in [0.25, 0.3) is 0 Å². The Bertz CT molecular complexity index is 1010. The van der Waals surface area contributed by atoms with Crippen molar-refractivity contribution in [2.24, 2.45) is 11.5 Å². The number of aromatic hydroxyl groups is 1. The van der Waals surface area contributed by atoms with Crippen molar-refractivity contribution in [3.63, 3.8) is 0 Å². The number of nitrogens with zero attached hydrogens (tertiary/aromatic N) is 1. The first-order valence-corrected chi connectivity index (χ1v) is 13.5. The highest BCUT2D eigenvalue weighted by molar-refractivity contribution is 7.80. The second kappa shape index (κ2) is 15.9. The lowest BCUT2D eigenvalue weighted by Crippen LogP contribution is -2.57. The maximum atomic E-state index is 13.2. The number of carboxylic acid groups (broad SMARTS) is 1. The van der Waals surface area contributed by atoms with Crippen molar-refractivity contribution < 1.29 is 34.2 Å². The third-order valence-corrected chi connectivity index (χ3v) is 6.77. The predicted molar refractivity (Wildman–Crippen MR) is 146 cm³/mol. The molecule has 0 aromatic heterocycles. The molecule has 216 valence electrons. The molecule has 0 unspecified atom stereocenters. The highest BCUT2D eigenvalue weighted by atomic mass is 32.1. The summed E-state index contributed by atoms with van der Waals surface area (Å²) < 4.78 is 0. The van der Waals surface area contributed by atoms with E-state index in [4.69, 9.17) is 11.5 Å². The molecule has 1 aromatic carbocycles. The molecule has 1 aromatic rings. The van der Waals surface area contributed by atoms with Crippen molar-refractivity contribution in [3.8, 4) is 5.75 Å². The number of phenols is 1. The average Bonchev–Trinajstić information content (AvgIpc) is 3.41. The molecule has 0 aliphatic carbocycles. The zero-order valence-corrected chi connectivity index (χ0v) is 22.6. The van der Waals surface area contributed by atoms with Gasteiger partial charge in [-0.05, 0) is 49.9 Å². The molecule has 9 N–H and O–H groups in total. The fourth-order valence-corrected chi connectivity index (χ4v) is 4.43. The zero-order chi connectivity index (χ0) is 28.9. The zero-order valence-electron chi connectivity index (χ0n) is 21.7. The van der Waals surface area contributed by atoms with E-state index in [9.17, 15) is 34.2 Å². The predicted octanol–water partition coefficient (Wildman–Crippen LogP) is -1.52. The van der Waals surface area contributed by atoms with Crippen LogP contribution in [0.15, 0.2) is 24.3 Å². The minimum absolute atomic E-state index is 0.0377. The van der Waals surface area contributed by atoms with Gasteiger partial charge in [-0.15, -0.1) is 0 Å². The highest BCUT2D eigenvalue weighted by Gasteiger charge is 2.34. The van der Waals surface area contributed by atoms with Gasteiger partial charge in [0.05, 0.1) is 12.6 Å². The number of thiol groups is 1. The molecule has 4 atom stereocenters. The van der Waals surface area contributed by atoms with Crippen molar-refractivity contribution in [1.82, 2.24) is 20.9 Å². The van der Waals surface area contributed by atoms with Crippen LogP contribution < -0.4 is 27.4 Å². The van der Waals surface area contributed by atoms with Gasteiger partial charge in [-0.1, -0.05) is 18.6 Å². The monoisotopic (exact) mass is 566 g/mol. The third kappa shape index (κ3) is 10.0. The Morgan fingerprint density at radius 1 is 1.03 bits per heavy atom. The Kier molecular flexibility index (Phi) is 13.0. The van der Waals surface area contributed by atoms with Crippen LogP contribution in [0.1, 0.15) is 37.7 Å². The fraction of sp³-hybridized carbons (Fsp3) is 0.560. The first-order valence-electron chi connectivity index (χ1n) is 12.8. The number of phenolic OH excluding ortho intramolecular Hbond substituents is 1. The summed E-state index contributed by atoms with van der Waals surface area (Å²) in [5.74, 6) is -3.61. The van der Waals surface area contributed by atoms with Gasteiger partial charge in [0.1, 0.15) is 23.9 Å². The van der Waals surface area contributed by atoms with Gasteiger partial charge in [0.15, 0.2) is 0 Å². The summed E-state index contributed by atoms with van der Waals surface area (Å²) in [6.07, 6.45) is 2.68. The lowest BCUT2D eigenvalue weighted by molar-refractivity contribution is -0.148. The number of unbranched alkanes of at least 4 members (excludes halogenated alkanes) is 1. The van der Waals surface area contributed by atoms with E-state index in [1.54, 1.807) is 12.1 Å². The highest BCUT2D eigenvalue weighted by Crippen LogP contribution is 2.17. The standard InChI is InChI=1S/C25H38N6O7S/c26-10-2-1-4-17(27)22(34)29-18(12-15-6-8-16(32)9-7-15)24(36)30-19(14-39)23(35)28-13-21(33)31-11-3-5-20(31)25(37)38/h6-9,17-20,32,39H,1-5,10-14,26-27H2,(H,28,35)(H,29,34)(H,30,36)(H,37,38)/t17-,18-,19-,20-/m0/s1. The van der Waals surface area contributed by atoms with Crippen LogP contribution in [-0.4, -0.2) is 94.3 Å². The van der Waals surface area contributed by atoms with Crippen LogP contribution in [0, 0.1) is 0 Å². The second-order valence-corrected chi connectivity index (χ2v) is 9.73. The molecular formula is C25H38N6O7S. The van der Waals surface area contributed by atoms with E-state index in [0.717, 1.165) is 0 Å². The van der Waals surface area contributed by atoms with Gasteiger partial charge in [-0.3, -0.25) is 19.2 Å². The number of nitrogens with one attached hydrogen (secondary N) is 3. The number of aliphatic carboxylic acids is 1. The van der Waals surface area contributed by atoms with E-state index in [2.05, 4.69) is 28.6 Å². The lowest BCUT2D eigenvalue weighted by Gasteiger charge is -2.24. The summed E-state index contributed by atoms with van der Waals surface area (Å²) in [6.45, 7) is 0.316. The van der Waals surface area contributed by atoms with Crippen LogP contribution >= 0.6 is 12.6 Å². The average molecular weight is 567 g/mol. The summed E-state index contributed by atoms with van der Waals surface area (Å²) in [5.41, 5.74) is 12.1. The smallest absolute Gasteiger partial charge is 0.326 e. The van der Waals surface area contributed by atoms with Gasteiger partial charge in [-0.25, -0.2) is 4.79 Å². The number of benzene rings is 1. The van der Waals surface area contributed by atoms with Gasteiger partial charge in [0.2, 0.25) is 23.6 Å². The minimum atomic E-state index is -1.14. The number of rotatable bonds is 15. The van der Waals surface area contributed by atoms with E-state index >= 15 is 0 Å². The fourth-order valence-electron chi connectivity index (χ4n) is 4.17. The van der Waals surface area contributed by atoms with Gasteiger partial charge < -0.3 is 42.5 Å². The van der Waals surface area contributed by atoms with Crippen LogP contribution in [-0.2, 0) is 30.4 Å². The molecule has 14 heteroatoms. The Hall–Kier alpha value is -3.36. The third-order valence-electron chi connectivity index (χ3n) is 6.40. The molecule has 1 aliphatic rings. The maximum absolute atomic E-state index is 13.2. The van der Waals surface area contributed by atoms with Crippen molar-refractivity contribution >= 4 is 42.2 Å². The number of carbonyl (C=O) groups excluding carboxylic acids is 4. The second-order valence-electron chi connectivity index (χ2n) is 9.37. The Labute approximate surface area is 232 Å². The number of carbonyl (C=O) groups is 5. The summed E-state index contributed by atoms with van der Waals surface area (Å²) in [5, 5.41) is 26.4. The van der Waals surface area contributed by atoms with Crippen molar-refractivity contribution in [2.45, 2.75) is 62.7 Å². The SMILES string of the molecule is NCCCC[C@H](N)C(=O)N[C@@H](Cc1ccc(O)cc1)C(=O)N[C@@H](CS)C(=O)NCC(=O)N1CCC[C@H]1C(=O)O. The molecular weight excluding hydrogens is 528 g/mol. The molecule has 1 aliphatic heterocycles. The number of nitrogens with two attached hydrogens (primary N) is 2. The Morgan fingerprint density at radius 2 is 1.69 bits per heavy atom. The van der Waals surface area contributed by atoms with E-state index in [1.165, 1.54) is 17.0 Å². The minimum Gasteiger partial charge on any atom is -0.508 e. The van der Waals surface area contributed by atoms with E-state index < -0.39 is 60.3 Å². The maximum Gasteiger partial charge on any atom is 0.326 e. The lowest BCUT2D eigenvalue weighted by atomic mass is 10.0. The molecule has 1 saturated heterocycles. The number of amides is 4. The molecule has 4 amide bonds. The van der Waals surface area contributed by atoms with Gasteiger partial charge in [-0.2, -0.15) is 12.6 Å². The molecule has 0 bridgehead atoms. The first kappa shape index (κ1) is 31.9. The summed E-state index contributed by atoms with van der Waals surface area (Å²) in [6, 6.07) is 2.06. The number of hydrogen-bond acceptors (Lipinski definition) is 9. The first-order chi connectivity index (χ1) is 18.6. The van der Waals surface area contributed by atoms with Crippen molar-refractivity contribution in [1.29, 1.82) is 0 Å². The molecule has 0 radical (unpaired) electrons. The van der Waals surface area contributed by atoms with E-state index in [0.29, 0.717) is 44.2 Å². The number of carboxylic acids is 1. The molecule has 1 fully saturated rings. The number of likely N-dealkylation sites (tertiary alicyclic amines) is 1. The van der Waals surface area contributed by atoms with E-state index in [1.807, 2.05) is 0 Å². The van der Waals surface area contributed by atoms with Crippen molar-refractivity contribution in [2.75, 3.05) is 25.4 Å². The number of hydrogen-bond donors (Lipinski definition) is 8. The largest absolute Gasteiger partial charge is 0.508 e. The van der Waals surface area contributed by atoms with Gasteiger partial charge in [0, 0.05) is 18.7 Å². The van der Waals surface area contributed by atoms with Crippen LogP contribution in [0.2, 0.25) is 0 Å². The van der Waals surface area contributed by atoms with Crippen LogP contribution in [0.4, 0.5) is 0 Å². The molecule has 0 spiro atoms. The van der Waals surface area contributed by atoms with Crippen molar-refractivity contribution in [3.05, 3.63) is 29.8 Å². The summed E-state index contributed by atoms with van der Waals surface area (Å²) in [4.78, 5) is 63.6. The summed E-state index contributed by atoms with van der Waals surface area (Å²) >= 11 is 4.14. The van der Waals surface area contributed by atoms with Gasteiger partial charge >= 0.3 is 5.97 Å². The quantitative estimate of drug-likeness (QED) is 0.0912. The summed E-state index contributed by atoms with van der Waals surface area (Å²) in [7, 11) is 0.